The maximum atomic E-state index is 12.3. The summed E-state index contributed by atoms with van der Waals surface area (Å²) in [5.41, 5.74) is 3.80. The van der Waals surface area contributed by atoms with Crippen molar-refractivity contribution >= 4 is 11.9 Å². The molecular formula is C19H19N5O2. The molecule has 3 aromatic rings. The minimum Gasteiger partial charge on any atom is -0.293 e. The molecule has 1 N–H and O–H groups in total. The number of amides is 1. The maximum absolute atomic E-state index is 12.3. The van der Waals surface area contributed by atoms with Crippen molar-refractivity contribution < 1.29 is 4.79 Å². The van der Waals surface area contributed by atoms with Crippen LogP contribution in [0.1, 0.15) is 17.0 Å². The molecule has 0 spiro atoms. The molecule has 2 heterocycles. The van der Waals surface area contributed by atoms with Gasteiger partial charge in [0, 0.05) is 23.0 Å². The number of aromatic nitrogens is 4. The second-order valence-corrected chi connectivity index (χ2v) is 6.10. The Morgan fingerprint density at radius 3 is 2.31 bits per heavy atom. The van der Waals surface area contributed by atoms with Gasteiger partial charge in [0.15, 0.2) is 0 Å². The number of carbonyl (C=O) groups is 1. The number of anilines is 1. The number of hydrogen-bond acceptors (Lipinski definition) is 5. The third-order valence-electron chi connectivity index (χ3n) is 3.74. The van der Waals surface area contributed by atoms with Crippen LogP contribution < -0.4 is 10.9 Å². The Balaban J connectivity index is 1.80. The van der Waals surface area contributed by atoms with Crippen LogP contribution in [-0.4, -0.2) is 25.7 Å². The second kappa shape index (κ2) is 7.26. The summed E-state index contributed by atoms with van der Waals surface area (Å²) in [4.78, 5) is 32.6. The van der Waals surface area contributed by atoms with Gasteiger partial charge in [0.05, 0.1) is 5.69 Å². The zero-order chi connectivity index (χ0) is 18.7. The summed E-state index contributed by atoms with van der Waals surface area (Å²) < 4.78 is 1.13. The molecule has 132 valence electrons. The number of carbonyl (C=O) groups excluding carboxylic acids is 1. The van der Waals surface area contributed by atoms with E-state index in [1.807, 2.05) is 51.1 Å². The van der Waals surface area contributed by atoms with E-state index in [9.17, 15) is 9.59 Å². The molecule has 3 rings (SSSR count). The van der Waals surface area contributed by atoms with Gasteiger partial charge in [-0.15, -0.1) is 0 Å². The van der Waals surface area contributed by atoms with Gasteiger partial charge in [-0.25, -0.2) is 14.6 Å². The van der Waals surface area contributed by atoms with Gasteiger partial charge in [0.1, 0.15) is 6.54 Å². The van der Waals surface area contributed by atoms with Crippen molar-refractivity contribution in [3.8, 4) is 11.3 Å². The molecule has 0 aliphatic carbocycles. The lowest BCUT2D eigenvalue weighted by Crippen LogP contribution is -2.29. The number of benzene rings is 1. The van der Waals surface area contributed by atoms with Gasteiger partial charge in [-0.05, 0) is 32.9 Å². The molecule has 1 amide bonds. The molecule has 7 nitrogen and oxygen atoms in total. The van der Waals surface area contributed by atoms with Crippen molar-refractivity contribution in [2.24, 2.45) is 0 Å². The monoisotopic (exact) mass is 349 g/mol. The average molecular weight is 349 g/mol. The normalized spacial score (nSPS) is 10.6. The fraction of sp³-hybridized carbons (Fsp3) is 0.211. The SMILES string of the molecule is Cc1ccc(-c2ccc(=O)n(CC(=O)Nc3nc(C)cc(C)n3)n2)cc1. The number of nitrogens with zero attached hydrogens (tertiary/aromatic N) is 4. The van der Waals surface area contributed by atoms with Crippen LogP contribution in [-0.2, 0) is 11.3 Å². The van der Waals surface area contributed by atoms with E-state index in [2.05, 4.69) is 20.4 Å². The number of hydrogen-bond donors (Lipinski definition) is 1. The van der Waals surface area contributed by atoms with Crippen molar-refractivity contribution in [3.05, 3.63) is 69.8 Å². The topological polar surface area (TPSA) is 89.8 Å². The van der Waals surface area contributed by atoms with E-state index in [-0.39, 0.29) is 18.1 Å². The van der Waals surface area contributed by atoms with Gasteiger partial charge in [0.2, 0.25) is 11.9 Å². The van der Waals surface area contributed by atoms with E-state index in [1.54, 1.807) is 6.07 Å². The highest BCUT2D eigenvalue weighted by Crippen LogP contribution is 2.15. The number of nitrogens with one attached hydrogen (secondary N) is 1. The summed E-state index contributed by atoms with van der Waals surface area (Å²) in [6.07, 6.45) is 0. The molecule has 0 bridgehead atoms. The predicted octanol–water partition coefficient (Wildman–Crippen LogP) is 2.26. The molecular weight excluding hydrogens is 330 g/mol. The van der Waals surface area contributed by atoms with Crippen LogP contribution in [0.2, 0.25) is 0 Å². The Kier molecular flexibility index (Phi) is 4.88. The first-order valence-electron chi connectivity index (χ1n) is 8.18. The lowest BCUT2D eigenvalue weighted by Gasteiger charge is -2.08. The Morgan fingerprint density at radius 2 is 1.65 bits per heavy atom. The zero-order valence-electron chi connectivity index (χ0n) is 14.9. The van der Waals surface area contributed by atoms with Crippen LogP contribution in [0, 0.1) is 20.8 Å². The lowest BCUT2D eigenvalue weighted by molar-refractivity contribution is -0.117. The first kappa shape index (κ1) is 17.5. The minimum atomic E-state index is -0.411. The summed E-state index contributed by atoms with van der Waals surface area (Å²) in [7, 11) is 0. The van der Waals surface area contributed by atoms with Crippen LogP contribution in [0.3, 0.4) is 0 Å². The first-order chi connectivity index (χ1) is 12.4. The highest BCUT2D eigenvalue weighted by molar-refractivity contribution is 5.88. The van der Waals surface area contributed by atoms with Crippen molar-refractivity contribution in [1.82, 2.24) is 19.7 Å². The average Bonchev–Trinajstić information content (AvgIpc) is 2.56. The molecule has 0 fully saturated rings. The summed E-state index contributed by atoms with van der Waals surface area (Å²) in [6, 6.07) is 12.7. The third-order valence-corrected chi connectivity index (χ3v) is 3.74. The van der Waals surface area contributed by atoms with Crippen LogP contribution in [0.4, 0.5) is 5.95 Å². The van der Waals surface area contributed by atoms with E-state index in [4.69, 9.17) is 0 Å². The highest BCUT2D eigenvalue weighted by Gasteiger charge is 2.10. The van der Waals surface area contributed by atoms with Gasteiger partial charge < -0.3 is 0 Å². The predicted molar refractivity (Wildman–Crippen MR) is 98.8 cm³/mol. The molecule has 1 aromatic carbocycles. The first-order valence-corrected chi connectivity index (χ1v) is 8.18. The van der Waals surface area contributed by atoms with Crippen molar-refractivity contribution in [3.63, 3.8) is 0 Å². The third kappa shape index (κ3) is 4.18. The smallest absolute Gasteiger partial charge is 0.267 e. The molecule has 0 saturated carbocycles. The molecule has 2 aromatic heterocycles. The summed E-state index contributed by atoms with van der Waals surface area (Å²) >= 11 is 0. The van der Waals surface area contributed by atoms with Crippen LogP contribution >= 0.6 is 0 Å². The fourth-order valence-corrected chi connectivity index (χ4v) is 2.52. The minimum absolute atomic E-state index is 0.213. The number of rotatable bonds is 4. The van der Waals surface area contributed by atoms with Gasteiger partial charge >= 0.3 is 0 Å². The Bertz CT molecular complexity index is 989. The van der Waals surface area contributed by atoms with E-state index in [0.29, 0.717) is 5.69 Å². The zero-order valence-corrected chi connectivity index (χ0v) is 14.9. The largest absolute Gasteiger partial charge is 0.293 e. The lowest BCUT2D eigenvalue weighted by atomic mass is 10.1. The Labute approximate surface area is 150 Å². The fourth-order valence-electron chi connectivity index (χ4n) is 2.52. The molecule has 7 heteroatoms. The molecule has 0 aliphatic heterocycles. The molecule has 0 saturated heterocycles. The van der Waals surface area contributed by atoms with Gasteiger partial charge in [-0.3, -0.25) is 14.9 Å². The van der Waals surface area contributed by atoms with Crippen molar-refractivity contribution in [2.75, 3.05) is 5.32 Å². The van der Waals surface area contributed by atoms with Crippen molar-refractivity contribution in [2.45, 2.75) is 27.3 Å². The summed E-state index contributed by atoms with van der Waals surface area (Å²) in [6.45, 7) is 5.43. The van der Waals surface area contributed by atoms with E-state index in [0.717, 1.165) is 27.2 Å². The Hall–Kier alpha value is -3.35. The van der Waals surface area contributed by atoms with E-state index in [1.165, 1.54) is 6.07 Å². The van der Waals surface area contributed by atoms with E-state index < -0.39 is 5.91 Å². The van der Waals surface area contributed by atoms with Gasteiger partial charge in [0.25, 0.3) is 5.56 Å². The highest BCUT2D eigenvalue weighted by atomic mass is 16.2. The Morgan fingerprint density at radius 1 is 1.00 bits per heavy atom. The second-order valence-electron chi connectivity index (χ2n) is 6.10. The standard InChI is InChI=1S/C19H19N5O2/c1-12-4-6-15(7-5-12)16-8-9-18(26)24(23-16)11-17(25)22-19-20-13(2)10-14(3)21-19/h4-10H,11H2,1-3H3,(H,20,21,22,25). The van der Waals surface area contributed by atoms with Gasteiger partial charge in [-0.1, -0.05) is 29.8 Å². The molecule has 0 radical (unpaired) electrons. The van der Waals surface area contributed by atoms with Crippen LogP contribution in [0.5, 0.6) is 0 Å². The summed E-state index contributed by atoms with van der Waals surface area (Å²) in [5, 5.41) is 6.90. The number of aryl methyl sites for hydroxylation is 3. The molecule has 0 aliphatic rings. The van der Waals surface area contributed by atoms with Gasteiger partial charge in [-0.2, -0.15) is 5.10 Å². The maximum Gasteiger partial charge on any atom is 0.267 e. The quantitative estimate of drug-likeness (QED) is 0.780. The van der Waals surface area contributed by atoms with E-state index >= 15 is 0 Å². The van der Waals surface area contributed by atoms with Crippen LogP contribution in [0.15, 0.2) is 47.3 Å². The molecule has 0 unspecified atom stereocenters. The molecule has 0 atom stereocenters. The summed E-state index contributed by atoms with van der Waals surface area (Å²) in [5.74, 6) is -0.194. The molecule has 26 heavy (non-hydrogen) atoms. The van der Waals surface area contributed by atoms with Crippen molar-refractivity contribution in [1.29, 1.82) is 0 Å². The van der Waals surface area contributed by atoms with Crippen LogP contribution in [0.25, 0.3) is 11.3 Å².